The Labute approximate surface area is 70.4 Å². The van der Waals surface area contributed by atoms with E-state index in [4.69, 9.17) is 0 Å². The van der Waals surface area contributed by atoms with E-state index in [1.165, 1.54) is 19.3 Å². The van der Waals surface area contributed by atoms with Crippen LogP contribution < -0.4 is 0 Å². The van der Waals surface area contributed by atoms with Crippen LogP contribution in [0.4, 0.5) is 0 Å². The van der Waals surface area contributed by atoms with Crippen LogP contribution in [0.5, 0.6) is 0 Å². The molecular formula is C11H20. The molecule has 0 bridgehead atoms. The van der Waals surface area contributed by atoms with Gasteiger partial charge in [-0.05, 0) is 36.5 Å². The highest BCUT2D eigenvalue weighted by atomic mass is 14.4. The Kier molecular flexibility index (Phi) is 1.95. The van der Waals surface area contributed by atoms with Crippen LogP contribution >= 0.6 is 0 Å². The van der Waals surface area contributed by atoms with Crippen molar-refractivity contribution >= 4 is 0 Å². The molecule has 3 atom stereocenters. The SMILES string of the molecule is CC1CC(C)C(C2CCC2)C1. The van der Waals surface area contributed by atoms with E-state index in [2.05, 4.69) is 13.8 Å². The van der Waals surface area contributed by atoms with E-state index in [0.717, 1.165) is 23.7 Å². The summed E-state index contributed by atoms with van der Waals surface area (Å²) in [7, 11) is 0. The summed E-state index contributed by atoms with van der Waals surface area (Å²) in [5.41, 5.74) is 0. The summed E-state index contributed by atoms with van der Waals surface area (Å²) in [6, 6.07) is 0. The van der Waals surface area contributed by atoms with Gasteiger partial charge in [-0.2, -0.15) is 0 Å². The lowest BCUT2D eigenvalue weighted by molar-refractivity contribution is 0.172. The molecule has 0 aromatic heterocycles. The maximum Gasteiger partial charge on any atom is -0.0357 e. The lowest BCUT2D eigenvalue weighted by Gasteiger charge is -2.33. The Balaban J connectivity index is 1.92. The zero-order valence-electron chi connectivity index (χ0n) is 7.84. The minimum atomic E-state index is 1.02. The van der Waals surface area contributed by atoms with E-state index in [0.29, 0.717) is 0 Å². The fourth-order valence-corrected chi connectivity index (χ4v) is 3.13. The van der Waals surface area contributed by atoms with Crippen molar-refractivity contribution in [1.82, 2.24) is 0 Å². The van der Waals surface area contributed by atoms with Crippen LogP contribution in [0.1, 0.15) is 46.0 Å². The van der Waals surface area contributed by atoms with Crippen LogP contribution in [0.15, 0.2) is 0 Å². The lowest BCUT2D eigenvalue weighted by Crippen LogP contribution is -2.23. The van der Waals surface area contributed by atoms with Crippen molar-refractivity contribution in [3.05, 3.63) is 0 Å². The maximum atomic E-state index is 2.46. The molecule has 0 aromatic rings. The largest absolute Gasteiger partial charge is 0.0625 e. The zero-order chi connectivity index (χ0) is 7.84. The molecule has 0 heterocycles. The van der Waals surface area contributed by atoms with Crippen LogP contribution in [0, 0.1) is 23.7 Å². The monoisotopic (exact) mass is 152 g/mol. The van der Waals surface area contributed by atoms with Gasteiger partial charge in [0.15, 0.2) is 0 Å². The van der Waals surface area contributed by atoms with Crippen molar-refractivity contribution in [3.63, 3.8) is 0 Å². The molecule has 11 heavy (non-hydrogen) atoms. The first-order chi connectivity index (χ1) is 5.27. The van der Waals surface area contributed by atoms with Gasteiger partial charge in [-0.3, -0.25) is 0 Å². The van der Waals surface area contributed by atoms with Crippen LogP contribution in [0.3, 0.4) is 0 Å². The molecule has 2 aliphatic rings. The highest BCUT2D eigenvalue weighted by molar-refractivity contribution is 4.87. The summed E-state index contributed by atoms with van der Waals surface area (Å²) < 4.78 is 0. The summed E-state index contributed by atoms with van der Waals surface area (Å²) in [5.74, 6) is 4.31. The predicted molar refractivity (Wildman–Crippen MR) is 48.4 cm³/mol. The van der Waals surface area contributed by atoms with Crippen molar-refractivity contribution < 1.29 is 0 Å². The van der Waals surface area contributed by atoms with E-state index in [-0.39, 0.29) is 0 Å². The third-order valence-electron chi connectivity index (χ3n) is 3.93. The Morgan fingerprint density at radius 1 is 1.00 bits per heavy atom. The van der Waals surface area contributed by atoms with Crippen molar-refractivity contribution in [3.8, 4) is 0 Å². The normalized spacial score (nSPS) is 45.8. The van der Waals surface area contributed by atoms with E-state index in [1.54, 1.807) is 12.8 Å². The summed E-state index contributed by atoms with van der Waals surface area (Å²) in [4.78, 5) is 0. The average Bonchev–Trinajstić information content (AvgIpc) is 2.07. The first-order valence-electron chi connectivity index (χ1n) is 5.27. The van der Waals surface area contributed by atoms with Crippen LogP contribution in [-0.4, -0.2) is 0 Å². The summed E-state index contributed by atoms with van der Waals surface area (Å²) >= 11 is 0. The topological polar surface area (TPSA) is 0 Å². The summed E-state index contributed by atoms with van der Waals surface area (Å²) in [5, 5.41) is 0. The number of hydrogen-bond donors (Lipinski definition) is 0. The van der Waals surface area contributed by atoms with Gasteiger partial charge in [-0.15, -0.1) is 0 Å². The van der Waals surface area contributed by atoms with Crippen molar-refractivity contribution in [2.24, 2.45) is 23.7 Å². The highest BCUT2D eigenvalue weighted by Gasteiger charge is 2.36. The molecule has 2 fully saturated rings. The molecule has 2 rings (SSSR count). The molecular weight excluding hydrogens is 132 g/mol. The fourth-order valence-electron chi connectivity index (χ4n) is 3.13. The van der Waals surface area contributed by atoms with Crippen LogP contribution in [0.25, 0.3) is 0 Å². The Hall–Kier alpha value is 0. The van der Waals surface area contributed by atoms with Gasteiger partial charge in [-0.1, -0.05) is 33.1 Å². The molecule has 2 aliphatic carbocycles. The molecule has 0 aromatic carbocycles. The second-order valence-electron chi connectivity index (χ2n) is 4.91. The highest BCUT2D eigenvalue weighted by Crippen LogP contribution is 2.47. The standard InChI is InChI=1S/C11H20/c1-8-6-9(2)11(7-8)10-4-3-5-10/h8-11H,3-7H2,1-2H3. The molecule has 64 valence electrons. The van der Waals surface area contributed by atoms with Gasteiger partial charge in [0.05, 0.1) is 0 Å². The Morgan fingerprint density at radius 2 is 1.73 bits per heavy atom. The van der Waals surface area contributed by atoms with E-state index < -0.39 is 0 Å². The molecule has 0 saturated heterocycles. The first kappa shape index (κ1) is 7.64. The lowest BCUT2D eigenvalue weighted by atomic mass is 9.72. The molecule has 0 nitrogen and oxygen atoms in total. The molecule has 0 radical (unpaired) electrons. The molecule has 2 saturated carbocycles. The van der Waals surface area contributed by atoms with Crippen molar-refractivity contribution in [2.75, 3.05) is 0 Å². The smallest absolute Gasteiger partial charge is 0.0357 e. The van der Waals surface area contributed by atoms with E-state index in [1.807, 2.05) is 0 Å². The van der Waals surface area contributed by atoms with E-state index in [9.17, 15) is 0 Å². The number of hydrogen-bond acceptors (Lipinski definition) is 0. The van der Waals surface area contributed by atoms with Crippen LogP contribution in [0.2, 0.25) is 0 Å². The molecule has 0 amide bonds. The van der Waals surface area contributed by atoms with Gasteiger partial charge in [0.25, 0.3) is 0 Å². The summed E-state index contributed by atoms with van der Waals surface area (Å²) in [6.07, 6.45) is 7.64. The quantitative estimate of drug-likeness (QED) is 0.539. The van der Waals surface area contributed by atoms with Crippen molar-refractivity contribution in [2.45, 2.75) is 46.0 Å². The van der Waals surface area contributed by atoms with Crippen LogP contribution in [-0.2, 0) is 0 Å². The van der Waals surface area contributed by atoms with Gasteiger partial charge < -0.3 is 0 Å². The minimum Gasteiger partial charge on any atom is -0.0625 e. The zero-order valence-corrected chi connectivity index (χ0v) is 7.84. The minimum absolute atomic E-state index is 1.02. The number of rotatable bonds is 1. The van der Waals surface area contributed by atoms with Gasteiger partial charge in [0, 0.05) is 0 Å². The Bertz CT molecular complexity index is 133. The third kappa shape index (κ3) is 1.32. The predicted octanol–water partition coefficient (Wildman–Crippen LogP) is 3.47. The summed E-state index contributed by atoms with van der Waals surface area (Å²) in [6.45, 7) is 4.89. The Morgan fingerprint density at radius 3 is 2.09 bits per heavy atom. The molecule has 0 heteroatoms. The first-order valence-corrected chi connectivity index (χ1v) is 5.27. The second kappa shape index (κ2) is 2.80. The van der Waals surface area contributed by atoms with Gasteiger partial charge in [0.2, 0.25) is 0 Å². The molecule has 3 unspecified atom stereocenters. The maximum absolute atomic E-state index is 2.46. The van der Waals surface area contributed by atoms with Crippen molar-refractivity contribution in [1.29, 1.82) is 0 Å². The van der Waals surface area contributed by atoms with Gasteiger partial charge in [-0.25, -0.2) is 0 Å². The second-order valence-corrected chi connectivity index (χ2v) is 4.91. The molecule has 0 N–H and O–H groups in total. The third-order valence-corrected chi connectivity index (χ3v) is 3.93. The fraction of sp³-hybridized carbons (Fsp3) is 1.00. The molecule has 0 spiro atoms. The van der Waals surface area contributed by atoms with Gasteiger partial charge >= 0.3 is 0 Å². The molecule has 0 aliphatic heterocycles. The van der Waals surface area contributed by atoms with E-state index >= 15 is 0 Å². The van der Waals surface area contributed by atoms with Gasteiger partial charge in [0.1, 0.15) is 0 Å². The average molecular weight is 152 g/mol.